The quantitative estimate of drug-likeness (QED) is 0.902. The summed E-state index contributed by atoms with van der Waals surface area (Å²) in [6, 6.07) is 6.10. The van der Waals surface area contributed by atoms with E-state index in [1.807, 2.05) is 26.0 Å². The zero-order chi connectivity index (χ0) is 12.9. The summed E-state index contributed by atoms with van der Waals surface area (Å²) in [6.07, 6.45) is 2.28. The molecule has 0 bridgehead atoms. The minimum Gasteiger partial charge on any atom is -0.408 e. The average molecular weight is 246 g/mol. The fraction of sp³-hybridized carbons (Fsp3) is 0.500. The second-order valence-electron chi connectivity index (χ2n) is 5.50. The second-order valence-corrected chi connectivity index (χ2v) is 5.50. The number of nitrogens with zero attached hydrogens (tertiary/aromatic N) is 1. The van der Waals surface area contributed by atoms with Crippen molar-refractivity contribution in [1.29, 1.82) is 0 Å². The van der Waals surface area contributed by atoms with E-state index in [0.29, 0.717) is 12.1 Å². The zero-order valence-corrected chi connectivity index (χ0v) is 10.8. The Hall–Kier alpha value is -1.55. The van der Waals surface area contributed by atoms with Crippen LogP contribution in [0.25, 0.3) is 11.1 Å². The maximum absolute atomic E-state index is 11.8. The first kappa shape index (κ1) is 11.5. The van der Waals surface area contributed by atoms with Gasteiger partial charge in [-0.25, -0.2) is 4.79 Å². The van der Waals surface area contributed by atoms with Crippen molar-refractivity contribution >= 4 is 11.1 Å². The summed E-state index contributed by atoms with van der Waals surface area (Å²) in [5.41, 5.74) is 8.77. The third kappa shape index (κ3) is 1.52. The third-order valence-electron chi connectivity index (χ3n) is 3.99. The van der Waals surface area contributed by atoms with E-state index in [4.69, 9.17) is 10.2 Å². The van der Waals surface area contributed by atoms with Gasteiger partial charge in [0, 0.05) is 18.0 Å². The second kappa shape index (κ2) is 3.72. The van der Waals surface area contributed by atoms with E-state index in [2.05, 4.69) is 6.07 Å². The maximum Gasteiger partial charge on any atom is 0.420 e. The highest BCUT2D eigenvalue weighted by Gasteiger charge is 2.43. The minimum absolute atomic E-state index is 0.0991. The van der Waals surface area contributed by atoms with Crippen LogP contribution >= 0.6 is 0 Å². The molecule has 4 nitrogen and oxygen atoms in total. The molecule has 1 fully saturated rings. The van der Waals surface area contributed by atoms with E-state index < -0.39 is 0 Å². The Kier molecular flexibility index (Phi) is 2.38. The van der Waals surface area contributed by atoms with Gasteiger partial charge in [0.2, 0.25) is 0 Å². The van der Waals surface area contributed by atoms with Crippen LogP contribution in [0, 0.1) is 0 Å². The lowest BCUT2D eigenvalue weighted by Gasteiger charge is -2.13. The average Bonchev–Trinajstić information content (AvgIpc) is 3.05. The molecule has 4 heteroatoms. The summed E-state index contributed by atoms with van der Waals surface area (Å²) in [4.78, 5) is 11.8. The van der Waals surface area contributed by atoms with E-state index in [1.54, 1.807) is 4.57 Å². The zero-order valence-electron chi connectivity index (χ0n) is 10.8. The van der Waals surface area contributed by atoms with E-state index in [1.165, 1.54) is 5.56 Å². The van der Waals surface area contributed by atoms with Crippen LogP contribution in [0.15, 0.2) is 27.4 Å². The van der Waals surface area contributed by atoms with Gasteiger partial charge in [-0.3, -0.25) is 4.57 Å². The fourth-order valence-electron chi connectivity index (χ4n) is 2.61. The molecule has 0 aliphatic heterocycles. The Balaban J connectivity index is 2.22. The Morgan fingerprint density at radius 1 is 1.44 bits per heavy atom. The molecular formula is C14H18N2O2. The molecule has 2 aromatic rings. The Morgan fingerprint density at radius 2 is 2.17 bits per heavy atom. The van der Waals surface area contributed by atoms with Crippen molar-refractivity contribution in [2.75, 3.05) is 6.54 Å². The normalized spacial score (nSPS) is 17.6. The van der Waals surface area contributed by atoms with Crippen LogP contribution < -0.4 is 11.5 Å². The molecule has 0 atom stereocenters. The van der Waals surface area contributed by atoms with Gasteiger partial charge in [0.25, 0.3) is 0 Å². The van der Waals surface area contributed by atoms with Gasteiger partial charge in [-0.15, -0.1) is 0 Å². The molecule has 0 unspecified atom stereocenters. The van der Waals surface area contributed by atoms with Crippen molar-refractivity contribution in [3.63, 3.8) is 0 Å². The van der Waals surface area contributed by atoms with Crippen molar-refractivity contribution in [2.45, 2.75) is 38.1 Å². The lowest BCUT2D eigenvalue weighted by Crippen LogP contribution is -2.20. The summed E-state index contributed by atoms with van der Waals surface area (Å²) >= 11 is 0. The predicted molar refractivity (Wildman–Crippen MR) is 70.8 cm³/mol. The number of aromatic nitrogens is 1. The third-order valence-corrected chi connectivity index (χ3v) is 3.99. The molecule has 0 spiro atoms. The molecule has 0 amide bonds. The molecule has 18 heavy (non-hydrogen) atoms. The molecule has 0 radical (unpaired) electrons. The molecule has 96 valence electrons. The van der Waals surface area contributed by atoms with Crippen LogP contribution in [0.1, 0.15) is 38.3 Å². The van der Waals surface area contributed by atoms with Crippen molar-refractivity contribution in [1.82, 2.24) is 4.57 Å². The highest BCUT2D eigenvalue weighted by atomic mass is 16.4. The number of hydrogen-bond donors (Lipinski definition) is 1. The largest absolute Gasteiger partial charge is 0.420 e. The minimum atomic E-state index is -0.283. The van der Waals surface area contributed by atoms with Crippen molar-refractivity contribution < 1.29 is 4.42 Å². The van der Waals surface area contributed by atoms with E-state index in [0.717, 1.165) is 18.4 Å². The van der Waals surface area contributed by atoms with Gasteiger partial charge in [-0.1, -0.05) is 6.07 Å². The van der Waals surface area contributed by atoms with Gasteiger partial charge in [0.15, 0.2) is 5.58 Å². The summed E-state index contributed by atoms with van der Waals surface area (Å²) in [7, 11) is 0. The van der Waals surface area contributed by atoms with Crippen LogP contribution in [0.2, 0.25) is 0 Å². The first-order valence-corrected chi connectivity index (χ1v) is 6.43. The summed E-state index contributed by atoms with van der Waals surface area (Å²) in [6.45, 7) is 4.64. The van der Waals surface area contributed by atoms with Crippen LogP contribution in [0.3, 0.4) is 0 Å². The van der Waals surface area contributed by atoms with Crippen molar-refractivity contribution in [3.8, 4) is 0 Å². The van der Waals surface area contributed by atoms with Gasteiger partial charge in [-0.05, 0) is 44.4 Å². The lowest BCUT2D eigenvalue weighted by atomic mass is 9.96. The number of benzene rings is 1. The molecule has 1 aromatic heterocycles. The predicted octanol–water partition coefficient (Wildman–Crippen LogP) is 2.17. The van der Waals surface area contributed by atoms with E-state index in [9.17, 15) is 4.79 Å². The van der Waals surface area contributed by atoms with Gasteiger partial charge in [0.1, 0.15) is 0 Å². The number of rotatable bonds is 3. The van der Waals surface area contributed by atoms with Gasteiger partial charge in [0.05, 0.1) is 5.52 Å². The summed E-state index contributed by atoms with van der Waals surface area (Å²) < 4.78 is 6.96. The van der Waals surface area contributed by atoms with E-state index in [-0.39, 0.29) is 17.2 Å². The first-order valence-electron chi connectivity index (χ1n) is 6.43. The SMILES string of the molecule is CC(C)n1c(=O)oc2ccc(C3(CN)CC3)cc21. The molecule has 1 heterocycles. The number of hydrogen-bond acceptors (Lipinski definition) is 3. The number of nitrogens with two attached hydrogens (primary N) is 1. The van der Waals surface area contributed by atoms with Gasteiger partial charge in [-0.2, -0.15) is 0 Å². The van der Waals surface area contributed by atoms with Gasteiger partial charge < -0.3 is 10.2 Å². The van der Waals surface area contributed by atoms with Crippen LogP contribution in [-0.2, 0) is 5.41 Å². The number of oxazole rings is 1. The molecule has 0 saturated heterocycles. The molecule has 1 aliphatic carbocycles. The van der Waals surface area contributed by atoms with Gasteiger partial charge >= 0.3 is 5.76 Å². The van der Waals surface area contributed by atoms with E-state index >= 15 is 0 Å². The molecule has 2 N–H and O–H groups in total. The molecule has 1 saturated carbocycles. The van der Waals surface area contributed by atoms with Crippen LogP contribution in [0.5, 0.6) is 0 Å². The van der Waals surface area contributed by atoms with Crippen LogP contribution in [0.4, 0.5) is 0 Å². The van der Waals surface area contributed by atoms with Crippen molar-refractivity contribution in [3.05, 3.63) is 34.3 Å². The summed E-state index contributed by atoms with van der Waals surface area (Å²) in [5, 5.41) is 0. The first-order chi connectivity index (χ1) is 8.57. The topological polar surface area (TPSA) is 61.2 Å². The molecule has 1 aromatic carbocycles. The number of fused-ring (bicyclic) bond motifs is 1. The lowest BCUT2D eigenvalue weighted by molar-refractivity contribution is 0.478. The molecule has 1 aliphatic rings. The highest BCUT2D eigenvalue weighted by Crippen LogP contribution is 2.47. The Labute approximate surface area is 105 Å². The smallest absolute Gasteiger partial charge is 0.408 e. The summed E-state index contributed by atoms with van der Waals surface area (Å²) in [5.74, 6) is -0.283. The fourth-order valence-corrected chi connectivity index (χ4v) is 2.61. The Bertz CT molecular complexity index is 647. The van der Waals surface area contributed by atoms with Crippen LogP contribution in [-0.4, -0.2) is 11.1 Å². The highest BCUT2D eigenvalue weighted by molar-refractivity contribution is 5.74. The Morgan fingerprint density at radius 3 is 2.72 bits per heavy atom. The molecule has 3 rings (SSSR count). The standard InChI is InChI=1S/C14H18N2O2/c1-9(2)16-11-7-10(14(8-15)5-6-14)3-4-12(11)18-13(16)17/h3-4,7,9H,5-6,8,15H2,1-2H3. The monoisotopic (exact) mass is 246 g/mol. The molecular weight excluding hydrogens is 228 g/mol. The van der Waals surface area contributed by atoms with Crippen molar-refractivity contribution in [2.24, 2.45) is 5.73 Å². The maximum atomic E-state index is 11.8.